The summed E-state index contributed by atoms with van der Waals surface area (Å²) in [5, 5.41) is 3.07. The van der Waals surface area contributed by atoms with E-state index in [2.05, 4.69) is 17.2 Å². The Morgan fingerprint density at radius 3 is 2.35 bits per heavy atom. The SMILES string of the molecule is CCC(C)NC(N)=NCc1ccc(S(C)(=O)=O)cc1.I. The lowest BCUT2D eigenvalue weighted by Crippen LogP contribution is -2.38. The molecule has 0 aliphatic rings. The third kappa shape index (κ3) is 6.56. The molecular weight excluding hydrogens is 389 g/mol. The fourth-order valence-electron chi connectivity index (χ4n) is 1.42. The van der Waals surface area contributed by atoms with Crippen LogP contribution in [0, 0.1) is 0 Å². The van der Waals surface area contributed by atoms with Gasteiger partial charge in [-0.05, 0) is 31.0 Å². The zero-order chi connectivity index (χ0) is 14.5. The third-order valence-corrected chi connectivity index (χ3v) is 3.92. The van der Waals surface area contributed by atoms with Crippen LogP contribution >= 0.6 is 24.0 Å². The molecule has 114 valence electrons. The number of benzene rings is 1. The second-order valence-electron chi connectivity index (χ2n) is 4.57. The highest BCUT2D eigenvalue weighted by molar-refractivity contribution is 14.0. The standard InChI is InChI=1S/C13H21N3O2S.HI/c1-4-10(2)16-13(14)15-9-11-5-7-12(8-6-11)19(3,17)18;/h5-8,10H,4,9H2,1-3H3,(H3,14,15,16);1H. The summed E-state index contributed by atoms with van der Waals surface area (Å²) in [7, 11) is -3.14. The number of hydrogen-bond acceptors (Lipinski definition) is 3. The van der Waals surface area contributed by atoms with Gasteiger partial charge in [0.05, 0.1) is 11.4 Å². The van der Waals surface area contributed by atoms with E-state index >= 15 is 0 Å². The zero-order valence-electron chi connectivity index (χ0n) is 12.0. The molecule has 0 saturated carbocycles. The maximum absolute atomic E-state index is 11.3. The van der Waals surface area contributed by atoms with Crippen LogP contribution in [-0.2, 0) is 16.4 Å². The maximum Gasteiger partial charge on any atom is 0.189 e. The highest BCUT2D eigenvalue weighted by Crippen LogP contribution is 2.10. The second kappa shape index (κ2) is 8.46. The summed E-state index contributed by atoms with van der Waals surface area (Å²) in [5.74, 6) is 0.404. The van der Waals surface area contributed by atoms with E-state index in [1.165, 1.54) is 6.26 Å². The fourth-order valence-corrected chi connectivity index (χ4v) is 2.05. The first-order valence-electron chi connectivity index (χ1n) is 6.18. The van der Waals surface area contributed by atoms with Crippen molar-refractivity contribution in [1.29, 1.82) is 0 Å². The van der Waals surface area contributed by atoms with Crippen LogP contribution in [0.15, 0.2) is 34.2 Å². The van der Waals surface area contributed by atoms with Crippen LogP contribution in [0.3, 0.4) is 0 Å². The molecule has 0 aliphatic carbocycles. The smallest absolute Gasteiger partial charge is 0.189 e. The summed E-state index contributed by atoms with van der Waals surface area (Å²) in [6.07, 6.45) is 2.16. The van der Waals surface area contributed by atoms with Gasteiger partial charge in [-0.15, -0.1) is 24.0 Å². The molecule has 1 aromatic carbocycles. The van der Waals surface area contributed by atoms with Crippen LogP contribution in [-0.4, -0.2) is 26.7 Å². The molecule has 20 heavy (non-hydrogen) atoms. The van der Waals surface area contributed by atoms with Gasteiger partial charge in [-0.1, -0.05) is 19.1 Å². The first-order chi connectivity index (χ1) is 8.82. The Hall–Kier alpha value is -0.830. The molecule has 0 spiro atoms. The van der Waals surface area contributed by atoms with Crippen molar-refractivity contribution in [2.45, 2.75) is 37.8 Å². The predicted molar refractivity (Wildman–Crippen MR) is 93.2 cm³/mol. The van der Waals surface area contributed by atoms with E-state index in [0.717, 1.165) is 12.0 Å². The Bertz CT molecular complexity index is 541. The monoisotopic (exact) mass is 411 g/mol. The van der Waals surface area contributed by atoms with Gasteiger partial charge in [0.25, 0.3) is 0 Å². The molecule has 0 radical (unpaired) electrons. The van der Waals surface area contributed by atoms with Gasteiger partial charge in [0.15, 0.2) is 15.8 Å². The summed E-state index contributed by atoms with van der Waals surface area (Å²) >= 11 is 0. The average molecular weight is 411 g/mol. The first kappa shape index (κ1) is 19.2. The number of hydrogen-bond donors (Lipinski definition) is 2. The van der Waals surface area contributed by atoms with Gasteiger partial charge in [-0.3, -0.25) is 0 Å². The van der Waals surface area contributed by atoms with Crippen molar-refractivity contribution in [3.63, 3.8) is 0 Å². The highest BCUT2D eigenvalue weighted by Gasteiger charge is 2.05. The van der Waals surface area contributed by atoms with E-state index < -0.39 is 9.84 Å². The van der Waals surface area contributed by atoms with Gasteiger partial charge >= 0.3 is 0 Å². The Balaban J connectivity index is 0.00000361. The van der Waals surface area contributed by atoms with Crippen LogP contribution in [0.5, 0.6) is 0 Å². The van der Waals surface area contributed by atoms with E-state index in [0.29, 0.717) is 17.4 Å². The fraction of sp³-hybridized carbons (Fsp3) is 0.462. The molecule has 0 bridgehead atoms. The second-order valence-corrected chi connectivity index (χ2v) is 6.59. The van der Waals surface area contributed by atoms with Crippen LogP contribution in [0.25, 0.3) is 0 Å². The number of guanidine groups is 1. The summed E-state index contributed by atoms with van der Waals surface area (Å²) < 4.78 is 22.6. The molecule has 0 aliphatic heterocycles. The first-order valence-corrected chi connectivity index (χ1v) is 8.07. The van der Waals surface area contributed by atoms with Crippen molar-refractivity contribution in [2.24, 2.45) is 10.7 Å². The lowest BCUT2D eigenvalue weighted by molar-refractivity contribution is 0.602. The quantitative estimate of drug-likeness (QED) is 0.441. The minimum atomic E-state index is -3.14. The molecule has 1 rings (SSSR count). The average Bonchev–Trinajstić information content (AvgIpc) is 2.35. The molecule has 1 atom stereocenters. The van der Waals surface area contributed by atoms with E-state index in [4.69, 9.17) is 5.73 Å². The molecule has 0 fully saturated rings. The number of nitrogens with zero attached hydrogens (tertiary/aromatic N) is 1. The Morgan fingerprint density at radius 1 is 1.35 bits per heavy atom. The molecule has 5 nitrogen and oxygen atoms in total. The highest BCUT2D eigenvalue weighted by atomic mass is 127. The van der Waals surface area contributed by atoms with Gasteiger partial charge in [0.2, 0.25) is 0 Å². The minimum Gasteiger partial charge on any atom is -0.370 e. The lowest BCUT2D eigenvalue weighted by atomic mass is 10.2. The Morgan fingerprint density at radius 2 is 1.90 bits per heavy atom. The number of halogens is 1. The van der Waals surface area contributed by atoms with Gasteiger partial charge in [0.1, 0.15) is 0 Å². The van der Waals surface area contributed by atoms with Crippen LogP contribution in [0.2, 0.25) is 0 Å². The molecular formula is C13H22IN3O2S. The lowest BCUT2D eigenvalue weighted by Gasteiger charge is -2.11. The number of aliphatic imine (C=N–C) groups is 1. The third-order valence-electron chi connectivity index (χ3n) is 2.79. The number of rotatable bonds is 5. The summed E-state index contributed by atoms with van der Waals surface area (Å²) in [6, 6.07) is 6.94. The molecule has 0 heterocycles. The molecule has 0 saturated heterocycles. The van der Waals surface area contributed by atoms with Gasteiger partial charge in [-0.25, -0.2) is 13.4 Å². The minimum absolute atomic E-state index is 0. The van der Waals surface area contributed by atoms with Crippen LogP contribution in [0.1, 0.15) is 25.8 Å². The largest absolute Gasteiger partial charge is 0.370 e. The Labute approximate surface area is 138 Å². The van der Waals surface area contributed by atoms with Crippen molar-refractivity contribution < 1.29 is 8.42 Å². The van der Waals surface area contributed by atoms with Crippen LogP contribution < -0.4 is 11.1 Å². The van der Waals surface area contributed by atoms with Crippen molar-refractivity contribution >= 4 is 39.8 Å². The topological polar surface area (TPSA) is 84.5 Å². The van der Waals surface area contributed by atoms with Gasteiger partial charge in [0, 0.05) is 12.3 Å². The predicted octanol–water partition coefficient (Wildman–Crippen LogP) is 1.91. The summed E-state index contributed by atoms with van der Waals surface area (Å²) in [6.45, 7) is 4.53. The summed E-state index contributed by atoms with van der Waals surface area (Å²) in [4.78, 5) is 4.52. The maximum atomic E-state index is 11.3. The van der Waals surface area contributed by atoms with E-state index in [-0.39, 0.29) is 30.0 Å². The van der Waals surface area contributed by atoms with Crippen molar-refractivity contribution in [2.75, 3.05) is 6.26 Å². The molecule has 1 unspecified atom stereocenters. The molecule has 3 N–H and O–H groups in total. The van der Waals surface area contributed by atoms with Gasteiger partial charge in [-0.2, -0.15) is 0 Å². The zero-order valence-corrected chi connectivity index (χ0v) is 15.1. The van der Waals surface area contributed by atoms with E-state index in [1.54, 1.807) is 24.3 Å². The molecule has 1 aromatic rings. The molecule has 0 aromatic heterocycles. The normalized spacial score (nSPS) is 13.4. The number of nitrogens with two attached hydrogens (primary N) is 1. The number of nitrogens with one attached hydrogen (secondary N) is 1. The molecule has 7 heteroatoms. The summed E-state index contributed by atoms with van der Waals surface area (Å²) in [5.41, 5.74) is 6.66. The van der Waals surface area contributed by atoms with Crippen molar-refractivity contribution in [1.82, 2.24) is 5.32 Å². The van der Waals surface area contributed by atoms with E-state index in [1.807, 2.05) is 6.92 Å². The van der Waals surface area contributed by atoms with Crippen molar-refractivity contribution in [3.05, 3.63) is 29.8 Å². The van der Waals surface area contributed by atoms with Crippen LogP contribution in [0.4, 0.5) is 0 Å². The van der Waals surface area contributed by atoms with E-state index in [9.17, 15) is 8.42 Å². The number of sulfone groups is 1. The van der Waals surface area contributed by atoms with Gasteiger partial charge < -0.3 is 11.1 Å². The Kier molecular flexibility index (Phi) is 8.10. The van der Waals surface area contributed by atoms with Crippen molar-refractivity contribution in [3.8, 4) is 0 Å². The molecule has 0 amide bonds.